The molecule has 1 unspecified atom stereocenters. The van der Waals surface area contributed by atoms with Gasteiger partial charge >= 0.3 is 0 Å². The van der Waals surface area contributed by atoms with Gasteiger partial charge in [0.15, 0.2) is 23.3 Å². The van der Waals surface area contributed by atoms with Crippen molar-refractivity contribution >= 4 is 16.9 Å². The number of para-hydroxylation sites is 2. The molecule has 0 saturated heterocycles. The molecule has 3 heterocycles. The first-order valence-corrected chi connectivity index (χ1v) is 11.1. The van der Waals surface area contributed by atoms with E-state index in [9.17, 15) is 4.79 Å². The van der Waals surface area contributed by atoms with Gasteiger partial charge in [0, 0.05) is 18.7 Å². The lowest BCUT2D eigenvalue weighted by Gasteiger charge is -2.29. The standard InChI is InChI=1S/C26H26N4O3/c1-17(2)30-25-21(14-27-30)20(13-22(28-25)18-9-5-4-6-10-18)26(31)29(3)15-19-16-32-23-11-7-8-12-24(23)33-19/h4-14,17,19H,15-16H2,1-3H3. The van der Waals surface area contributed by atoms with Crippen molar-refractivity contribution in [3.05, 3.63) is 72.4 Å². The summed E-state index contributed by atoms with van der Waals surface area (Å²) in [6.07, 6.45) is 1.48. The number of rotatable bonds is 5. The van der Waals surface area contributed by atoms with Gasteiger partial charge in [0.05, 0.1) is 29.4 Å². The van der Waals surface area contributed by atoms with E-state index in [0.29, 0.717) is 30.1 Å². The molecule has 168 valence electrons. The summed E-state index contributed by atoms with van der Waals surface area (Å²) in [6.45, 7) is 4.89. The van der Waals surface area contributed by atoms with Gasteiger partial charge in [-0.2, -0.15) is 5.10 Å². The number of amides is 1. The zero-order valence-corrected chi connectivity index (χ0v) is 18.9. The molecule has 33 heavy (non-hydrogen) atoms. The summed E-state index contributed by atoms with van der Waals surface area (Å²) in [7, 11) is 1.79. The van der Waals surface area contributed by atoms with E-state index >= 15 is 0 Å². The third kappa shape index (κ3) is 4.02. The summed E-state index contributed by atoms with van der Waals surface area (Å²) in [4.78, 5) is 20.1. The van der Waals surface area contributed by atoms with Crippen LogP contribution in [0.2, 0.25) is 0 Å². The fourth-order valence-corrected chi connectivity index (χ4v) is 4.08. The van der Waals surface area contributed by atoms with Crippen LogP contribution >= 0.6 is 0 Å². The molecule has 2 aromatic heterocycles. The molecule has 4 aromatic rings. The summed E-state index contributed by atoms with van der Waals surface area (Å²) in [5, 5.41) is 5.25. The number of ether oxygens (including phenoxy) is 2. The van der Waals surface area contributed by atoms with E-state index in [1.807, 2.05) is 65.3 Å². The molecule has 0 fully saturated rings. The molecule has 1 aliphatic heterocycles. The van der Waals surface area contributed by atoms with Crippen molar-refractivity contribution < 1.29 is 14.3 Å². The highest BCUT2D eigenvalue weighted by molar-refractivity contribution is 6.06. The largest absolute Gasteiger partial charge is 0.486 e. The maximum Gasteiger partial charge on any atom is 0.254 e. The minimum atomic E-state index is -0.252. The highest BCUT2D eigenvalue weighted by Crippen LogP contribution is 2.31. The molecular formula is C26H26N4O3. The number of benzene rings is 2. The Morgan fingerprint density at radius 1 is 1.12 bits per heavy atom. The van der Waals surface area contributed by atoms with E-state index in [-0.39, 0.29) is 18.1 Å². The van der Waals surface area contributed by atoms with E-state index < -0.39 is 0 Å². The quantitative estimate of drug-likeness (QED) is 0.452. The highest BCUT2D eigenvalue weighted by Gasteiger charge is 2.26. The van der Waals surface area contributed by atoms with Gasteiger partial charge < -0.3 is 14.4 Å². The van der Waals surface area contributed by atoms with E-state index in [2.05, 4.69) is 18.9 Å². The lowest BCUT2D eigenvalue weighted by atomic mass is 10.1. The normalized spacial score (nSPS) is 15.1. The number of hydrogen-bond acceptors (Lipinski definition) is 5. The molecule has 1 aliphatic rings. The third-order valence-electron chi connectivity index (χ3n) is 5.75. The fraction of sp³-hybridized carbons (Fsp3) is 0.269. The maximum absolute atomic E-state index is 13.6. The summed E-state index contributed by atoms with van der Waals surface area (Å²) in [6, 6.07) is 19.4. The van der Waals surface area contributed by atoms with Crippen molar-refractivity contribution in [3.8, 4) is 22.8 Å². The molecule has 0 aliphatic carbocycles. The molecule has 0 spiro atoms. The van der Waals surface area contributed by atoms with Crippen LogP contribution in [0, 0.1) is 0 Å². The van der Waals surface area contributed by atoms with Crippen molar-refractivity contribution in [2.45, 2.75) is 26.0 Å². The van der Waals surface area contributed by atoms with Gasteiger partial charge in [-0.1, -0.05) is 42.5 Å². The number of likely N-dealkylation sites (N-methyl/N-ethyl adjacent to an activating group) is 1. The first-order valence-electron chi connectivity index (χ1n) is 11.1. The summed E-state index contributed by atoms with van der Waals surface area (Å²) in [5.74, 6) is 1.32. The van der Waals surface area contributed by atoms with Crippen LogP contribution in [0.4, 0.5) is 0 Å². The first kappa shape index (κ1) is 21.0. The van der Waals surface area contributed by atoms with E-state index in [1.165, 1.54) is 0 Å². The van der Waals surface area contributed by atoms with Gasteiger partial charge in [0.1, 0.15) is 6.61 Å². The number of carbonyl (C=O) groups excluding carboxylic acids is 1. The van der Waals surface area contributed by atoms with Crippen molar-refractivity contribution in [2.24, 2.45) is 0 Å². The molecule has 1 atom stereocenters. The van der Waals surface area contributed by atoms with Crippen LogP contribution in [0.15, 0.2) is 66.9 Å². The smallest absolute Gasteiger partial charge is 0.254 e. The lowest BCUT2D eigenvalue weighted by molar-refractivity contribution is 0.0522. The van der Waals surface area contributed by atoms with Crippen molar-refractivity contribution in [2.75, 3.05) is 20.2 Å². The summed E-state index contributed by atoms with van der Waals surface area (Å²) < 4.78 is 13.7. The molecule has 0 N–H and O–H groups in total. The van der Waals surface area contributed by atoms with Gasteiger partial charge in [-0.15, -0.1) is 0 Å². The van der Waals surface area contributed by atoms with Crippen LogP contribution in [0.5, 0.6) is 11.5 Å². The van der Waals surface area contributed by atoms with Crippen molar-refractivity contribution in [1.82, 2.24) is 19.7 Å². The van der Waals surface area contributed by atoms with Crippen LogP contribution in [0.25, 0.3) is 22.3 Å². The molecule has 0 bridgehead atoms. The molecule has 1 amide bonds. The second-order valence-corrected chi connectivity index (χ2v) is 8.52. The summed E-state index contributed by atoms with van der Waals surface area (Å²) in [5.41, 5.74) is 2.97. The van der Waals surface area contributed by atoms with Gasteiger partial charge in [-0.3, -0.25) is 4.79 Å². The Hall–Kier alpha value is -3.87. The predicted molar refractivity (Wildman–Crippen MR) is 127 cm³/mol. The summed E-state index contributed by atoms with van der Waals surface area (Å²) >= 11 is 0. The Kier molecular flexibility index (Phi) is 5.46. The molecule has 0 saturated carbocycles. The molecular weight excluding hydrogens is 416 g/mol. The van der Waals surface area contributed by atoms with Gasteiger partial charge in [0.2, 0.25) is 0 Å². The lowest BCUT2D eigenvalue weighted by Crippen LogP contribution is -2.41. The maximum atomic E-state index is 13.6. The van der Waals surface area contributed by atoms with Crippen LogP contribution in [-0.4, -0.2) is 51.9 Å². The van der Waals surface area contributed by atoms with Crippen LogP contribution in [0.3, 0.4) is 0 Å². The van der Waals surface area contributed by atoms with Gasteiger partial charge in [-0.05, 0) is 32.0 Å². The first-order chi connectivity index (χ1) is 16.0. The number of carbonyl (C=O) groups is 1. The highest BCUT2D eigenvalue weighted by atomic mass is 16.6. The zero-order chi connectivity index (χ0) is 22.9. The van der Waals surface area contributed by atoms with Gasteiger partial charge in [-0.25, -0.2) is 9.67 Å². The average molecular weight is 443 g/mol. The number of hydrogen-bond donors (Lipinski definition) is 0. The topological polar surface area (TPSA) is 69.5 Å². The molecule has 7 nitrogen and oxygen atoms in total. The number of nitrogens with zero attached hydrogens (tertiary/aromatic N) is 4. The van der Waals surface area contributed by atoms with E-state index in [1.54, 1.807) is 18.1 Å². The number of fused-ring (bicyclic) bond motifs is 2. The van der Waals surface area contributed by atoms with E-state index in [4.69, 9.17) is 14.5 Å². The molecule has 7 heteroatoms. The Morgan fingerprint density at radius 3 is 2.61 bits per heavy atom. The van der Waals surface area contributed by atoms with Crippen molar-refractivity contribution in [1.29, 1.82) is 0 Å². The molecule has 5 rings (SSSR count). The monoisotopic (exact) mass is 442 g/mol. The van der Waals surface area contributed by atoms with Crippen molar-refractivity contribution in [3.63, 3.8) is 0 Å². The SMILES string of the molecule is CC(C)n1ncc2c(C(=O)N(C)CC3COc4ccccc4O3)cc(-c3ccccc3)nc21. The second kappa shape index (κ2) is 8.58. The predicted octanol–water partition coefficient (Wildman–Crippen LogP) is 4.59. The minimum absolute atomic E-state index is 0.106. The minimum Gasteiger partial charge on any atom is -0.486 e. The number of aromatic nitrogens is 3. The van der Waals surface area contributed by atoms with Gasteiger partial charge in [0.25, 0.3) is 5.91 Å². The Bertz CT molecular complexity index is 1300. The van der Waals surface area contributed by atoms with Crippen LogP contribution < -0.4 is 9.47 Å². The number of pyridine rings is 1. The third-order valence-corrected chi connectivity index (χ3v) is 5.75. The fourth-order valence-electron chi connectivity index (χ4n) is 4.08. The average Bonchev–Trinajstić information content (AvgIpc) is 3.28. The van der Waals surface area contributed by atoms with Crippen LogP contribution in [-0.2, 0) is 0 Å². The molecule has 2 aromatic carbocycles. The Morgan fingerprint density at radius 2 is 1.85 bits per heavy atom. The zero-order valence-electron chi connectivity index (χ0n) is 18.9. The Labute approximate surface area is 192 Å². The second-order valence-electron chi connectivity index (χ2n) is 8.52. The Balaban J connectivity index is 1.47. The van der Waals surface area contributed by atoms with Crippen LogP contribution in [0.1, 0.15) is 30.2 Å². The molecule has 0 radical (unpaired) electrons. The van der Waals surface area contributed by atoms with E-state index in [0.717, 1.165) is 22.4 Å².